The number of esters is 1. The molecule has 1 aromatic carbocycles. The molecule has 0 amide bonds. The highest BCUT2D eigenvalue weighted by Crippen LogP contribution is 2.26. The first-order valence-electron chi connectivity index (χ1n) is 7.86. The summed E-state index contributed by atoms with van der Waals surface area (Å²) < 4.78 is 31.8. The smallest absolute Gasteiger partial charge is 0.374 e. The number of nitrogens with one attached hydrogen (secondary N) is 1. The quantitative estimate of drug-likeness (QED) is 0.553. The zero-order valence-corrected chi connectivity index (χ0v) is 14.5. The minimum Gasteiger partial charge on any atom is -0.460 e. The Kier molecular flexibility index (Phi) is 3.73. The van der Waals surface area contributed by atoms with E-state index in [9.17, 15) is 13.2 Å². The summed E-state index contributed by atoms with van der Waals surface area (Å²) in [5.41, 5.74) is 1.23. The molecule has 0 aliphatic rings. The number of rotatable bonds is 4. The Hall–Kier alpha value is -3.20. The third kappa shape index (κ3) is 2.44. The van der Waals surface area contributed by atoms with Crippen LogP contribution in [-0.4, -0.2) is 39.9 Å². The van der Waals surface area contributed by atoms with Crippen LogP contribution in [0.5, 0.6) is 0 Å². The van der Waals surface area contributed by atoms with Gasteiger partial charge in [0.1, 0.15) is 5.52 Å². The van der Waals surface area contributed by atoms with Crippen molar-refractivity contribution in [3.05, 3.63) is 54.6 Å². The van der Waals surface area contributed by atoms with E-state index in [1.807, 2.05) is 0 Å². The van der Waals surface area contributed by atoms with Crippen LogP contribution in [0, 0.1) is 0 Å². The molecule has 9 heteroatoms. The Labute approximate surface area is 148 Å². The summed E-state index contributed by atoms with van der Waals surface area (Å²) in [5.74, 6) is -0.525. The fourth-order valence-corrected chi connectivity index (χ4v) is 4.05. The van der Waals surface area contributed by atoms with Crippen LogP contribution in [0.15, 0.2) is 53.7 Å². The second-order valence-corrected chi connectivity index (χ2v) is 7.31. The normalized spacial score (nSPS) is 11.9. The van der Waals surface area contributed by atoms with Crippen LogP contribution in [0.4, 0.5) is 0 Å². The van der Waals surface area contributed by atoms with Crippen molar-refractivity contribution in [3.63, 3.8) is 0 Å². The van der Waals surface area contributed by atoms with Gasteiger partial charge in [-0.15, -0.1) is 0 Å². The fraction of sp³-hybridized carbons (Fsp3) is 0.118. The minimum absolute atomic E-state index is 0.0508. The van der Waals surface area contributed by atoms with Crippen molar-refractivity contribution >= 4 is 38.1 Å². The number of hydrogen-bond acceptors (Lipinski definition) is 6. The lowest BCUT2D eigenvalue weighted by molar-refractivity contribution is 0.0513. The molecule has 132 valence electrons. The summed E-state index contributed by atoms with van der Waals surface area (Å²) in [6.07, 6.45) is 2.86. The lowest BCUT2D eigenvalue weighted by atomic mass is 10.3. The molecule has 3 heterocycles. The number of imidazole rings is 1. The van der Waals surface area contributed by atoms with Crippen LogP contribution < -0.4 is 0 Å². The third-order valence-electron chi connectivity index (χ3n) is 3.91. The van der Waals surface area contributed by atoms with Crippen LogP contribution in [0.2, 0.25) is 0 Å². The molecule has 26 heavy (non-hydrogen) atoms. The Morgan fingerprint density at radius 3 is 2.73 bits per heavy atom. The van der Waals surface area contributed by atoms with Crippen molar-refractivity contribution in [2.75, 3.05) is 6.61 Å². The number of aromatic nitrogens is 4. The van der Waals surface area contributed by atoms with Gasteiger partial charge in [-0.25, -0.2) is 27.2 Å². The molecule has 0 aliphatic heterocycles. The van der Waals surface area contributed by atoms with Crippen molar-refractivity contribution in [2.45, 2.75) is 11.8 Å². The van der Waals surface area contributed by atoms with E-state index in [2.05, 4.69) is 15.0 Å². The first kappa shape index (κ1) is 16.3. The Balaban J connectivity index is 1.90. The van der Waals surface area contributed by atoms with Crippen molar-refractivity contribution in [3.8, 4) is 0 Å². The molecular formula is C17H14N4O4S. The number of aromatic amines is 1. The van der Waals surface area contributed by atoms with Gasteiger partial charge >= 0.3 is 5.97 Å². The summed E-state index contributed by atoms with van der Waals surface area (Å²) in [5, 5.41) is 0.546. The lowest BCUT2D eigenvalue weighted by Gasteiger charge is -2.06. The van der Waals surface area contributed by atoms with Gasteiger partial charge in [0.2, 0.25) is 5.82 Å². The molecule has 3 aromatic heterocycles. The predicted octanol–water partition coefficient (Wildman–Crippen LogP) is 2.33. The predicted molar refractivity (Wildman–Crippen MR) is 94.4 cm³/mol. The monoisotopic (exact) mass is 370 g/mol. The zero-order chi connectivity index (χ0) is 18.3. The van der Waals surface area contributed by atoms with Crippen LogP contribution in [0.1, 0.15) is 17.5 Å². The van der Waals surface area contributed by atoms with Crippen LogP contribution in [0.3, 0.4) is 0 Å². The van der Waals surface area contributed by atoms with E-state index >= 15 is 0 Å². The number of benzene rings is 1. The number of fused-ring (bicyclic) bond motifs is 3. The second kappa shape index (κ2) is 5.95. The van der Waals surface area contributed by atoms with Crippen molar-refractivity contribution in [2.24, 2.45) is 0 Å². The van der Waals surface area contributed by atoms with E-state index in [0.29, 0.717) is 16.4 Å². The van der Waals surface area contributed by atoms with E-state index in [-0.39, 0.29) is 23.0 Å². The highest BCUT2D eigenvalue weighted by atomic mass is 32.2. The lowest BCUT2D eigenvalue weighted by Crippen LogP contribution is -2.12. The van der Waals surface area contributed by atoms with Crippen LogP contribution >= 0.6 is 0 Å². The SMILES string of the molecule is CCOC(=O)c1nc2cnc3c(ccn3S(=O)(=O)c3ccccc3)c2[nH]1. The van der Waals surface area contributed by atoms with E-state index < -0.39 is 16.0 Å². The van der Waals surface area contributed by atoms with Crippen molar-refractivity contribution in [1.82, 2.24) is 18.9 Å². The van der Waals surface area contributed by atoms with Gasteiger partial charge in [0.15, 0.2) is 5.65 Å². The first-order chi connectivity index (χ1) is 12.5. The molecule has 8 nitrogen and oxygen atoms in total. The van der Waals surface area contributed by atoms with Gasteiger partial charge in [-0.05, 0) is 25.1 Å². The van der Waals surface area contributed by atoms with Crippen molar-refractivity contribution < 1.29 is 17.9 Å². The van der Waals surface area contributed by atoms with E-state index in [1.54, 1.807) is 31.2 Å². The van der Waals surface area contributed by atoms with E-state index in [0.717, 1.165) is 3.97 Å². The first-order valence-corrected chi connectivity index (χ1v) is 9.30. The molecule has 0 saturated heterocycles. The topological polar surface area (TPSA) is 107 Å². The molecule has 4 aromatic rings. The summed E-state index contributed by atoms with van der Waals surface area (Å²) in [6, 6.07) is 9.73. The molecule has 4 rings (SSSR count). The van der Waals surface area contributed by atoms with Gasteiger partial charge in [-0.3, -0.25) is 0 Å². The van der Waals surface area contributed by atoms with Gasteiger partial charge in [-0.2, -0.15) is 0 Å². The van der Waals surface area contributed by atoms with Gasteiger partial charge in [0, 0.05) is 11.6 Å². The van der Waals surface area contributed by atoms with Crippen molar-refractivity contribution in [1.29, 1.82) is 0 Å². The number of H-pyrrole nitrogens is 1. The maximum absolute atomic E-state index is 12.9. The third-order valence-corrected chi connectivity index (χ3v) is 5.59. The molecule has 0 spiro atoms. The number of carbonyl (C=O) groups is 1. The molecular weight excluding hydrogens is 356 g/mol. The Morgan fingerprint density at radius 1 is 1.23 bits per heavy atom. The zero-order valence-electron chi connectivity index (χ0n) is 13.7. The Bertz CT molecular complexity index is 1230. The highest BCUT2D eigenvalue weighted by molar-refractivity contribution is 7.90. The molecule has 0 saturated carbocycles. The molecule has 0 aliphatic carbocycles. The van der Waals surface area contributed by atoms with Crippen LogP contribution in [0.25, 0.3) is 22.1 Å². The van der Waals surface area contributed by atoms with Gasteiger partial charge < -0.3 is 9.72 Å². The molecule has 0 unspecified atom stereocenters. The minimum atomic E-state index is -3.78. The van der Waals surface area contributed by atoms with Gasteiger partial charge in [-0.1, -0.05) is 18.2 Å². The van der Waals surface area contributed by atoms with E-state index in [4.69, 9.17) is 4.74 Å². The Morgan fingerprint density at radius 2 is 2.00 bits per heavy atom. The largest absolute Gasteiger partial charge is 0.460 e. The molecule has 1 N–H and O–H groups in total. The summed E-state index contributed by atoms with van der Waals surface area (Å²) in [6.45, 7) is 1.93. The standard InChI is InChI=1S/C17H14N4O4S/c1-2-25-17(22)15-19-13-10-18-16-12(14(13)20-15)8-9-21(16)26(23,24)11-6-4-3-5-7-11/h3-10H,2H2,1H3,(H,19,20). The maximum atomic E-state index is 12.9. The average Bonchev–Trinajstić information content (AvgIpc) is 3.26. The molecule has 0 radical (unpaired) electrons. The summed E-state index contributed by atoms with van der Waals surface area (Å²) in [7, 11) is -3.78. The number of ether oxygens (including phenoxy) is 1. The maximum Gasteiger partial charge on any atom is 0.374 e. The average molecular weight is 370 g/mol. The number of carbonyl (C=O) groups excluding carboxylic acids is 1. The van der Waals surface area contributed by atoms with Crippen LogP contribution in [-0.2, 0) is 14.8 Å². The highest BCUT2D eigenvalue weighted by Gasteiger charge is 2.22. The number of hydrogen-bond donors (Lipinski definition) is 1. The summed E-state index contributed by atoms with van der Waals surface area (Å²) >= 11 is 0. The number of pyridine rings is 1. The second-order valence-electron chi connectivity index (χ2n) is 5.49. The summed E-state index contributed by atoms with van der Waals surface area (Å²) in [4.78, 5) is 23.3. The van der Waals surface area contributed by atoms with Gasteiger partial charge in [0.25, 0.3) is 10.0 Å². The molecule has 0 bridgehead atoms. The van der Waals surface area contributed by atoms with E-state index in [1.165, 1.54) is 24.5 Å². The van der Waals surface area contributed by atoms with Gasteiger partial charge in [0.05, 0.1) is 23.2 Å². The number of nitrogens with zero attached hydrogens (tertiary/aromatic N) is 3. The molecule has 0 fully saturated rings. The molecule has 0 atom stereocenters. The fourth-order valence-electron chi connectivity index (χ4n) is 2.73.